The van der Waals surface area contributed by atoms with E-state index in [0.717, 1.165) is 64.1 Å². The maximum atomic E-state index is 5.54. The fourth-order valence-electron chi connectivity index (χ4n) is 3.44. The summed E-state index contributed by atoms with van der Waals surface area (Å²) in [7, 11) is 0. The van der Waals surface area contributed by atoms with E-state index in [0.29, 0.717) is 0 Å². The van der Waals surface area contributed by atoms with Crippen molar-refractivity contribution < 1.29 is 9.15 Å². The van der Waals surface area contributed by atoms with Crippen LogP contribution in [0.4, 0.5) is 0 Å². The van der Waals surface area contributed by atoms with Crippen LogP contribution < -0.4 is 10.6 Å². The summed E-state index contributed by atoms with van der Waals surface area (Å²) < 4.78 is 10.9. The van der Waals surface area contributed by atoms with Gasteiger partial charge in [0, 0.05) is 38.4 Å². The number of ether oxygens (including phenoxy) is 1. The lowest BCUT2D eigenvalue weighted by atomic mass is 9.96. The van der Waals surface area contributed by atoms with Gasteiger partial charge in [0.15, 0.2) is 5.96 Å². The molecule has 2 fully saturated rings. The van der Waals surface area contributed by atoms with Crippen molar-refractivity contribution >= 4 is 17.7 Å². The van der Waals surface area contributed by atoms with Crippen molar-refractivity contribution in [3.8, 4) is 0 Å². The Bertz CT molecular complexity index is 523. The van der Waals surface area contributed by atoms with Gasteiger partial charge in [-0.3, -0.25) is 9.89 Å². The summed E-state index contributed by atoms with van der Waals surface area (Å²) in [5, 5.41) is 6.80. The monoisotopic (exact) mass is 366 g/mol. The van der Waals surface area contributed by atoms with E-state index in [-0.39, 0.29) is 5.54 Å². The van der Waals surface area contributed by atoms with Gasteiger partial charge in [-0.15, -0.1) is 0 Å². The molecule has 25 heavy (non-hydrogen) atoms. The van der Waals surface area contributed by atoms with Gasteiger partial charge in [-0.1, -0.05) is 0 Å². The highest BCUT2D eigenvalue weighted by atomic mass is 32.2. The van der Waals surface area contributed by atoms with E-state index in [9.17, 15) is 0 Å². The van der Waals surface area contributed by atoms with Crippen LogP contribution in [-0.2, 0) is 11.2 Å². The first kappa shape index (κ1) is 18.6. The van der Waals surface area contributed by atoms with E-state index in [4.69, 9.17) is 14.1 Å². The van der Waals surface area contributed by atoms with Crippen LogP contribution in [0.3, 0.4) is 0 Å². The summed E-state index contributed by atoms with van der Waals surface area (Å²) in [6.07, 6.45) is 3.80. The summed E-state index contributed by atoms with van der Waals surface area (Å²) in [4.78, 5) is 7.53. The summed E-state index contributed by atoms with van der Waals surface area (Å²) >= 11 is 2.05. The molecule has 0 amide bonds. The maximum absolute atomic E-state index is 5.54. The molecule has 6 nitrogen and oxygen atoms in total. The Kier molecular flexibility index (Phi) is 7.07. The molecule has 0 radical (unpaired) electrons. The second-order valence-corrected chi connectivity index (χ2v) is 7.68. The number of morpholine rings is 1. The first-order valence-corrected chi connectivity index (χ1v) is 10.4. The highest BCUT2D eigenvalue weighted by Crippen LogP contribution is 2.34. The van der Waals surface area contributed by atoms with E-state index in [1.165, 1.54) is 17.9 Å². The number of hydrogen-bond donors (Lipinski definition) is 2. The molecule has 1 atom stereocenters. The average Bonchev–Trinajstić information content (AvgIpc) is 3.33. The molecule has 0 saturated carbocycles. The molecule has 0 aliphatic carbocycles. The van der Waals surface area contributed by atoms with Crippen LogP contribution in [0, 0.1) is 0 Å². The lowest BCUT2D eigenvalue weighted by Gasteiger charge is -2.42. The quantitative estimate of drug-likeness (QED) is 0.564. The molecule has 2 aliphatic rings. The van der Waals surface area contributed by atoms with Gasteiger partial charge < -0.3 is 19.8 Å². The summed E-state index contributed by atoms with van der Waals surface area (Å²) in [5.41, 5.74) is 0.192. The Morgan fingerprint density at radius 2 is 2.24 bits per heavy atom. The lowest BCUT2D eigenvalue weighted by molar-refractivity contribution is -0.0104. The van der Waals surface area contributed by atoms with Gasteiger partial charge in [0.2, 0.25) is 0 Å². The van der Waals surface area contributed by atoms with E-state index < -0.39 is 0 Å². The molecule has 3 heterocycles. The molecular weight excluding hydrogens is 336 g/mol. The van der Waals surface area contributed by atoms with Crippen LogP contribution in [-0.4, -0.2) is 73.8 Å². The van der Waals surface area contributed by atoms with Crippen LogP contribution in [0.1, 0.15) is 19.1 Å². The van der Waals surface area contributed by atoms with Gasteiger partial charge >= 0.3 is 0 Å². The van der Waals surface area contributed by atoms with Gasteiger partial charge in [0.05, 0.1) is 31.6 Å². The number of hydrogen-bond acceptors (Lipinski definition) is 5. The third kappa shape index (κ3) is 5.15. The van der Waals surface area contributed by atoms with E-state index in [2.05, 4.69) is 34.2 Å². The standard InChI is InChI=1S/C18H30N4O2S/c1-2-19-17(20-7-5-16-4-3-10-24-16)21-14-18(6-13-25-15-18)22-8-11-23-12-9-22/h3-4,10H,2,5-9,11-15H2,1H3,(H2,19,20,21). The fraction of sp³-hybridized carbons (Fsp3) is 0.722. The minimum absolute atomic E-state index is 0.192. The van der Waals surface area contributed by atoms with Crippen LogP contribution in [0.15, 0.2) is 27.8 Å². The molecule has 0 aromatic carbocycles. The third-order valence-electron chi connectivity index (χ3n) is 4.88. The molecule has 1 unspecified atom stereocenters. The van der Waals surface area contributed by atoms with Gasteiger partial charge in [0.1, 0.15) is 5.76 Å². The fourth-order valence-corrected chi connectivity index (χ4v) is 4.90. The Hall–Kier alpha value is -1.18. The van der Waals surface area contributed by atoms with Crippen molar-refractivity contribution in [3.05, 3.63) is 24.2 Å². The summed E-state index contributed by atoms with van der Waals surface area (Å²) in [5.74, 6) is 4.30. The van der Waals surface area contributed by atoms with Gasteiger partial charge in [-0.2, -0.15) is 11.8 Å². The van der Waals surface area contributed by atoms with Crippen molar-refractivity contribution in [2.75, 3.05) is 57.4 Å². The number of guanidine groups is 1. The van der Waals surface area contributed by atoms with Crippen molar-refractivity contribution in [2.45, 2.75) is 25.3 Å². The molecule has 0 spiro atoms. The second kappa shape index (κ2) is 9.50. The third-order valence-corrected chi connectivity index (χ3v) is 6.12. The van der Waals surface area contributed by atoms with E-state index >= 15 is 0 Å². The summed E-state index contributed by atoms with van der Waals surface area (Å²) in [6.45, 7) is 8.37. The van der Waals surface area contributed by atoms with Crippen LogP contribution in [0.25, 0.3) is 0 Å². The van der Waals surface area contributed by atoms with Crippen LogP contribution in [0.5, 0.6) is 0 Å². The Labute approximate surface area is 154 Å². The molecular formula is C18H30N4O2S. The zero-order chi connectivity index (χ0) is 17.4. The van der Waals surface area contributed by atoms with Crippen LogP contribution in [0.2, 0.25) is 0 Å². The van der Waals surface area contributed by atoms with Gasteiger partial charge in [-0.25, -0.2) is 0 Å². The number of nitrogens with one attached hydrogen (secondary N) is 2. The van der Waals surface area contributed by atoms with Gasteiger partial charge in [-0.05, 0) is 31.2 Å². The topological polar surface area (TPSA) is 62.0 Å². The molecule has 2 saturated heterocycles. The Balaban J connectivity index is 1.57. The smallest absolute Gasteiger partial charge is 0.191 e. The predicted molar refractivity (Wildman–Crippen MR) is 103 cm³/mol. The minimum atomic E-state index is 0.192. The van der Waals surface area contributed by atoms with E-state index in [1.807, 2.05) is 12.1 Å². The maximum Gasteiger partial charge on any atom is 0.191 e. The number of thioether (sulfide) groups is 1. The largest absolute Gasteiger partial charge is 0.469 e. The molecule has 2 N–H and O–H groups in total. The van der Waals surface area contributed by atoms with Gasteiger partial charge in [0.25, 0.3) is 0 Å². The Morgan fingerprint density at radius 1 is 1.36 bits per heavy atom. The highest BCUT2D eigenvalue weighted by Gasteiger charge is 2.40. The zero-order valence-electron chi connectivity index (χ0n) is 15.1. The first-order valence-electron chi connectivity index (χ1n) is 9.27. The Morgan fingerprint density at radius 3 is 2.92 bits per heavy atom. The predicted octanol–water partition coefficient (Wildman–Crippen LogP) is 1.59. The number of rotatable bonds is 7. The molecule has 3 rings (SSSR count). The van der Waals surface area contributed by atoms with E-state index in [1.54, 1.807) is 6.26 Å². The number of aliphatic imine (C=N–C) groups is 1. The normalized spacial score (nSPS) is 25.2. The zero-order valence-corrected chi connectivity index (χ0v) is 15.9. The molecule has 140 valence electrons. The van der Waals surface area contributed by atoms with Crippen molar-refractivity contribution in [1.82, 2.24) is 15.5 Å². The first-order chi connectivity index (χ1) is 12.3. The van der Waals surface area contributed by atoms with Crippen LogP contribution >= 0.6 is 11.8 Å². The van der Waals surface area contributed by atoms with Crippen molar-refractivity contribution in [1.29, 1.82) is 0 Å². The minimum Gasteiger partial charge on any atom is -0.469 e. The molecule has 2 aliphatic heterocycles. The SMILES string of the molecule is CCNC(=NCC1(N2CCOCC2)CCSC1)NCCc1ccco1. The molecule has 1 aromatic heterocycles. The highest BCUT2D eigenvalue weighted by molar-refractivity contribution is 7.99. The second-order valence-electron chi connectivity index (χ2n) is 6.58. The lowest BCUT2D eigenvalue weighted by Crippen LogP contribution is -2.56. The molecule has 7 heteroatoms. The van der Waals surface area contributed by atoms with Crippen molar-refractivity contribution in [3.63, 3.8) is 0 Å². The number of nitrogens with zero attached hydrogens (tertiary/aromatic N) is 2. The van der Waals surface area contributed by atoms with Crippen molar-refractivity contribution in [2.24, 2.45) is 4.99 Å². The number of furan rings is 1. The summed E-state index contributed by atoms with van der Waals surface area (Å²) in [6, 6.07) is 3.94. The average molecular weight is 367 g/mol. The molecule has 1 aromatic rings. The molecule has 0 bridgehead atoms.